The molecule has 1 aliphatic heterocycles. The van der Waals surface area contributed by atoms with E-state index in [0.29, 0.717) is 11.4 Å². The summed E-state index contributed by atoms with van der Waals surface area (Å²) >= 11 is 6.36. The first-order valence-electron chi connectivity index (χ1n) is 9.08. The number of hydrogen-bond acceptors (Lipinski definition) is 3. The Labute approximate surface area is 158 Å². The van der Waals surface area contributed by atoms with Gasteiger partial charge in [-0.3, -0.25) is 9.59 Å². The number of halogens is 1. The summed E-state index contributed by atoms with van der Waals surface area (Å²) in [6.07, 6.45) is 5.58. The van der Waals surface area contributed by atoms with Gasteiger partial charge in [0, 0.05) is 18.5 Å². The molecule has 0 atom stereocenters. The minimum Gasteiger partial charge on any atom is -0.366 e. The van der Waals surface area contributed by atoms with Crippen LogP contribution in [-0.4, -0.2) is 29.8 Å². The topological polar surface area (TPSA) is 40.6 Å². The van der Waals surface area contributed by atoms with Crippen molar-refractivity contribution in [3.63, 3.8) is 0 Å². The lowest BCUT2D eigenvalue weighted by Gasteiger charge is -2.33. The van der Waals surface area contributed by atoms with Crippen molar-refractivity contribution in [2.45, 2.75) is 38.1 Å². The van der Waals surface area contributed by atoms with E-state index >= 15 is 0 Å². The SMILES string of the molecule is CN(C1=C(Cl)C(=O)N(c2cccc3ccccc23)C1=O)C1CCCCC1. The highest BCUT2D eigenvalue weighted by Crippen LogP contribution is 2.36. The Kier molecular flexibility index (Phi) is 4.45. The molecule has 4 nitrogen and oxygen atoms in total. The zero-order valence-corrected chi connectivity index (χ0v) is 15.5. The number of imide groups is 1. The van der Waals surface area contributed by atoms with Crippen LogP contribution in [0.5, 0.6) is 0 Å². The van der Waals surface area contributed by atoms with Gasteiger partial charge in [0.05, 0.1) is 5.69 Å². The zero-order chi connectivity index (χ0) is 18.3. The van der Waals surface area contributed by atoms with Crippen LogP contribution < -0.4 is 4.90 Å². The van der Waals surface area contributed by atoms with Crippen molar-refractivity contribution in [2.24, 2.45) is 0 Å². The number of carbonyl (C=O) groups is 2. The third-order valence-corrected chi connectivity index (χ3v) is 5.83. The van der Waals surface area contributed by atoms with E-state index in [1.54, 1.807) is 6.07 Å². The number of anilines is 1. The quantitative estimate of drug-likeness (QED) is 0.752. The number of rotatable bonds is 3. The lowest BCUT2D eigenvalue weighted by atomic mass is 9.94. The molecule has 2 aromatic rings. The molecule has 4 rings (SSSR count). The highest BCUT2D eigenvalue weighted by atomic mass is 35.5. The third kappa shape index (κ3) is 2.69. The molecular formula is C21H21ClN2O2. The van der Waals surface area contributed by atoms with Crippen molar-refractivity contribution in [3.8, 4) is 0 Å². The molecule has 0 saturated heterocycles. The van der Waals surface area contributed by atoms with E-state index in [1.807, 2.05) is 48.3 Å². The molecule has 5 heteroatoms. The van der Waals surface area contributed by atoms with Crippen LogP contribution in [0.4, 0.5) is 5.69 Å². The van der Waals surface area contributed by atoms with Gasteiger partial charge in [-0.15, -0.1) is 0 Å². The highest BCUT2D eigenvalue weighted by Gasteiger charge is 2.42. The molecule has 0 bridgehead atoms. The van der Waals surface area contributed by atoms with Crippen LogP contribution in [0.15, 0.2) is 53.2 Å². The van der Waals surface area contributed by atoms with Crippen LogP contribution >= 0.6 is 11.6 Å². The Morgan fingerprint density at radius 2 is 1.65 bits per heavy atom. The molecule has 1 fully saturated rings. The summed E-state index contributed by atoms with van der Waals surface area (Å²) in [7, 11) is 1.88. The van der Waals surface area contributed by atoms with Gasteiger partial charge in [-0.2, -0.15) is 0 Å². The van der Waals surface area contributed by atoms with E-state index in [1.165, 1.54) is 11.3 Å². The Balaban J connectivity index is 1.72. The molecule has 1 heterocycles. The maximum Gasteiger partial charge on any atom is 0.283 e. The van der Waals surface area contributed by atoms with E-state index in [0.717, 1.165) is 36.5 Å². The first-order chi connectivity index (χ1) is 12.6. The average molecular weight is 369 g/mol. The van der Waals surface area contributed by atoms with Crippen molar-refractivity contribution in [1.82, 2.24) is 4.90 Å². The summed E-state index contributed by atoms with van der Waals surface area (Å²) in [5, 5.41) is 1.87. The normalized spacial score (nSPS) is 18.9. The Bertz CT molecular complexity index is 910. The summed E-state index contributed by atoms with van der Waals surface area (Å²) in [5.74, 6) is -0.768. The van der Waals surface area contributed by atoms with Crippen molar-refractivity contribution >= 4 is 39.9 Å². The fraction of sp³-hybridized carbons (Fsp3) is 0.333. The number of carbonyl (C=O) groups excluding carboxylic acids is 2. The molecule has 2 amide bonds. The molecule has 134 valence electrons. The maximum atomic E-state index is 13.2. The van der Waals surface area contributed by atoms with Crippen molar-refractivity contribution in [1.29, 1.82) is 0 Å². The van der Waals surface area contributed by atoms with Gasteiger partial charge in [-0.05, 0) is 24.3 Å². The van der Waals surface area contributed by atoms with Gasteiger partial charge in [0.15, 0.2) is 0 Å². The van der Waals surface area contributed by atoms with Gasteiger partial charge in [-0.1, -0.05) is 67.3 Å². The van der Waals surface area contributed by atoms with Crippen LogP contribution in [-0.2, 0) is 9.59 Å². The van der Waals surface area contributed by atoms with Crippen LogP contribution in [0.2, 0.25) is 0 Å². The first kappa shape index (κ1) is 17.1. The summed E-state index contributed by atoms with van der Waals surface area (Å²) in [5.41, 5.74) is 0.916. The lowest BCUT2D eigenvalue weighted by Crippen LogP contribution is -2.38. The summed E-state index contributed by atoms with van der Waals surface area (Å²) in [6.45, 7) is 0. The zero-order valence-electron chi connectivity index (χ0n) is 14.7. The lowest BCUT2D eigenvalue weighted by molar-refractivity contribution is -0.121. The average Bonchev–Trinajstić information content (AvgIpc) is 2.90. The Morgan fingerprint density at radius 3 is 2.42 bits per heavy atom. The standard InChI is InChI=1S/C21H21ClN2O2/c1-23(15-10-3-2-4-11-15)19-18(22)20(25)24(21(19)26)17-13-7-9-14-8-5-6-12-16(14)17/h5-9,12-13,15H,2-4,10-11H2,1H3. The fourth-order valence-corrected chi connectivity index (χ4v) is 4.37. The molecular weight excluding hydrogens is 348 g/mol. The minimum atomic E-state index is -0.439. The largest absolute Gasteiger partial charge is 0.366 e. The van der Waals surface area contributed by atoms with Crippen LogP contribution in [0, 0.1) is 0 Å². The molecule has 0 spiro atoms. The highest BCUT2D eigenvalue weighted by molar-refractivity contribution is 6.53. The molecule has 0 N–H and O–H groups in total. The second kappa shape index (κ2) is 6.76. The molecule has 2 aromatic carbocycles. The van der Waals surface area contributed by atoms with Crippen LogP contribution in [0.3, 0.4) is 0 Å². The number of benzene rings is 2. The predicted octanol–water partition coefficient (Wildman–Crippen LogP) is 4.43. The molecule has 0 aromatic heterocycles. The maximum absolute atomic E-state index is 13.2. The predicted molar refractivity (Wildman–Crippen MR) is 104 cm³/mol. The van der Waals surface area contributed by atoms with Gasteiger partial charge in [0.2, 0.25) is 0 Å². The van der Waals surface area contributed by atoms with Crippen molar-refractivity contribution in [3.05, 3.63) is 53.2 Å². The smallest absolute Gasteiger partial charge is 0.283 e. The van der Waals surface area contributed by atoms with Gasteiger partial charge in [0.1, 0.15) is 10.7 Å². The van der Waals surface area contributed by atoms with Crippen LogP contribution in [0.1, 0.15) is 32.1 Å². The number of fused-ring (bicyclic) bond motifs is 1. The molecule has 1 saturated carbocycles. The van der Waals surface area contributed by atoms with Gasteiger partial charge in [0.25, 0.3) is 11.8 Å². The van der Waals surface area contributed by atoms with Crippen LogP contribution in [0.25, 0.3) is 10.8 Å². The number of likely N-dealkylation sites (N-methyl/N-ethyl adjacent to an activating group) is 1. The Hall–Kier alpha value is -2.33. The first-order valence-corrected chi connectivity index (χ1v) is 9.46. The number of amides is 2. The molecule has 2 aliphatic rings. The van der Waals surface area contributed by atoms with E-state index in [2.05, 4.69) is 0 Å². The molecule has 1 aliphatic carbocycles. The summed E-state index contributed by atoms with van der Waals surface area (Å²) in [6, 6.07) is 13.6. The minimum absolute atomic E-state index is 0.0241. The van der Waals surface area contributed by atoms with Gasteiger partial charge >= 0.3 is 0 Å². The van der Waals surface area contributed by atoms with E-state index < -0.39 is 5.91 Å². The second-order valence-electron chi connectivity index (χ2n) is 7.01. The summed E-state index contributed by atoms with van der Waals surface area (Å²) in [4.78, 5) is 29.2. The van der Waals surface area contributed by atoms with E-state index in [9.17, 15) is 9.59 Å². The molecule has 0 radical (unpaired) electrons. The number of hydrogen-bond donors (Lipinski definition) is 0. The second-order valence-corrected chi connectivity index (χ2v) is 7.39. The Morgan fingerprint density at radius 1 is 0.962 bits per heavy atom. The van der Waals surface area contributed by atoms with Gasteiger partial charge < -0.3 is 4.90 Å². The fourth-order valence-electron chi connectivity index (χ4n) is 4.07. The van der Waals surface area contributed by atoms with Crippen molar-refractivity contribution < 1.29 is 9.59 Å². The number of nitrogens with zero attached hydrogens (tertiary/aromatic N) is 2. The summed E-state index contributed by atoms with van der Waals surface area (Å²) < 4.78 is 0. The molecule has 26 heavy (non-hydrogen) atoms. The van der Waals surface area contributed by atoms with Gasteiger partial charge in [-0.25, -0.2) is 4.90 Å². The van der Waals surface area contributed by atoms with E-state index in [-0.39, 0.29) is 17.0 Å². The van der Waals surface area contributed by atoms with Crippen molar-refractivity contribution in [2.75, 3.05) is 11.9 Å². The van der Waals surface area contributed by atoms with E-state index in [4.69, 9.17) is 11.6 Å². The molecule has 0 unspecified atom stereocenters. The monoisotopic (exact) mass is 368 g/mol. The third-order valence-electron chi connectivity index (χ3n) is 5.49.